The van der Waals surface area contributed by atoms with Crippen LogP contribution in [0.25, 0.3) is 17.0 Å². The predicted molar refractivity (Wildman–Crippen MR) is 89.6 cm³/mol. The summed E-state index contributed by atoms with van der Waals surface area (Å²) >= 11 is 0. The Balaban J connectivity index is 1.80. The molecule has 0 bridgehead atoms. The van der Waals surface area contributed by atoms with Gasteiger partial charge in [0.2, 0.25) is 0 Å². The third kappa shape index (κ3) is 5.20. The van der Waals surface area contributed by atoms with E-state index in [4.69, 9.17) is 4.74 Å². The minimum absolute atomic E-state index is 0.385. The van der Waals surface area contributed by atoms with E-state index in [1.807, 2.05) is 63.3 Å². The van der Waals surface area contributed by atoms with Crippen LogP contribution < -0.4 is 5.32 Å². The van der Waals surface area contributed by atoms with E-state index >= 15 is 0 Å². The van der Waals surface area contributed by atoms with Crippen LogP contribution in [0, 0.1) is 0 Å². The molecule has 0 spiro atoms. The van der Waals surface area contributed by atoms with Crippen molar-refractivity contribution in [2.45, 2.75) is 32.8 Å². The van der Waals surface area contributed by atoms with Gasteiger partial charge in [0.25, 0.3) is 0 Å². The third-order valence-electron chi connectivity index (χ3n) is 2.89. The van der Waals surface area contributed by atoms with Gasteiger partial charge < -0.3 is 10.1 Å². The van der Waals surface area contributed by atoms with Gasteiger partial charge in [0, 0.05) is 11.9 Å². The lowest BCUT2D eigenvalue weighted by atomic mass is 10.2. The predicted octanol–water partition coefficient (Wildman–Crippen LogP) is 4.16. The summed E-state index contributed by atoms with van der Waals surface area (Å²) in [4.78, 5) is 16.0. The van der Waals surface area contributed by atoms with Crippen molar-refractivity contribution in [1.82, 2.24) is 10.3 Å². The number of alkyl carbamates (subject to hydrolysis) is 1. The maximum atomic E-state index is 11.5. The lowest BCUT2D eigenvalue weighted by Gasteiger charge is -2.19. The van der Waals surface area contributed by atoms with E-state index in [-0.39, 0.29) is 6.09 Å². The molecule has 1 aromatic heterocycles. The SMILES string of the molecule is CC(C)(C)OC(=O)NCCC=Cc1ccc2ccccc2n1. The topological polar surface area (TPSA) is 51.2 Å². The van der Waals surface area contributed by atoms with Gasteiger partial charge >= 0.3 is 6.09 Å². The number of carbonyl (C=O) groups excluding carboxylic acids is 1. The number of carbonyl (C=O) groups is 1. The first-order valence-electron chi connectivity index (χ1n) is 7.43. The first-order chi connectivity index (χ1) is 10.4. The van der Waals surface area contributed by atoms with Crippen molar-refractivity contribution >= 4 is 23.1 Å². The maximum Gasteiger partial charge on any atom is 0.407 e. The third-order valence-corrected chi connectivity index (χ3v) is 2.89. The van der Waals surface area contributed by atoms with Crippen LogP contribution in [0.4, 0.5) is 4.79 Å². The molecule has 2 rings (SSSR count). The average molecular weight is 298 g/mol. The van der Waals surface area contributed by atoms with Crippen molar-refractivity contribution in [3.63, 3.8) is 0 Å². The summed E-state index contributed by atoms with van der Waals surface area (Å²) in [5.74, 6) is 0. The zero-order valence-corrected chi connectivity index (χ0v) is 13.3. The number of hydrogen-bond acceptors (Lipinski definition) is 3. The molecular formula is C18H22N2O2. The highest BCUT2D eigenvalue weighted by molar-refractivity contribution is 5.79. The van der Waals surface area contributed by atoms with Crippen LogP contribution >= 0.6 is 0 Å². The van der Waals surface area contributed by atoms with Crippen molar-refractivity contribution < 1.29 is 9.53 Å². The van der Waals surface area contributed by atoms with Crippen LogP contribution in [0.3, 0.4) is 0 Å². The summed E-state index contributed by atoms with van der Waals surface area (Å²) < 4.78 is 5.16. The number of ether oxygens (including phenoxy) is 1. The Kier molecular flexibility index (Phi) is 5.15. The summed E-state index contributed by atoms with van der Waals surface area (Å²) in [5, 5.41) is 3.85. The van der Waals surface area contributed by atoms with Crippen molar-refractivity contribution in [1.29, 1.82) is 0 Å². The fourth-order valence-corrected chi connectivity index (χ4v) is 1.95. The summed E-state index contributed by atoms with van der Waals surface area (Å²) in [6, 6.07) is 12.1. The minimum atomic E-state index is -0.463. The highest BCUT2D eigenvalue weighted by atomic mass is 16.6. The summed E-state index contributed by atoms with van der Waals surface area (Å²) in [6.07, 6.45) is 4.30. The second kappa shape index (κ2) is 7.07. The molecule has 22 heavy (non-hydrogen) atoms. The zero-order valence-electron chi connectivity index (χ0n) is 13.3. The molecule has 0 fully saturated rings. The quantitative estimate of drug-likeness (QED) is 0.862. The van der Waals surface area contributed by atoms with Crippen molar-refractivity contribution in [3.8, 4) is 0 Å². The standard InChI is InChI=1S/C18H22N2O2/c1-18(2,3)22-17(21)19-13-7-6-9-15-12-11-14-8-4-5-10-16(14)20-15/h4-6,8-12H,7,13H2,1-3H3,(H,19,21). The van der Waals surface area contributed by atoms with Crippen molar-refractivity contribution in [2.24, 2.45) is 0 Å². The van der Waals surface area contributed by atoms with Gasteiger partial charge in [0.05, 0.1) is 11.2 Å². The number of para-hydroxylation sites is 1. The second-order valence-electron chi connectivity index (χ2n) is 6.05. The lowest BCUT2D eigenvalue weighted by molar-refractivity contribution is 0.0529. The Labute approximate surface area is 131 Å². The highest BCUT2D eigenvalue weighted by Crippen LogP contribution is 2.12. The molecule has 116 valence electrons. The van der Waals surface area contributed by atoms with E-state index < -0.39 is 5.60 Å². The first-order valence-corrected chi connectivity index (χ1v) is 7.43. The van der Waals surface area contributed by atoms with Gasteiger partial charge in [0.15, 0.2) is 0 Å². The van der Waals surface area contributed by atoms with Crippen LogP contribution in [-0.4, -0.2) is 23.2 Å². The Morgan fingerprint density at radius 3 is 2.77 bits per heavy atom. The van der Waals surface area contributed by atoms with Crippen LogP contribution in [-0.2, 0) is 4.74 Å². The molecule has 0 atom stereocenters. The summed E-state index contributed by atoms with van der Waals surface area (Å²) in [6.45, 7) is 6.08. The summed E-state index contributed by atoms with van der Waals surface area (Å²) in [7, 11) is 0. The number of aromatic nitrogens is 1. The van der Waals surface area contributed by atoms with E-state index in [1.165, 1.54) is 0 Å². The molecular weight excluding hydrogens is 276 g/mol. The number of nitrogens with one attached hydrogen (secondary N) is 1. The molecule has 2 aromatic rings. The number of nitrogens with zero attached hydrogens (tertiary/aromatic N) is 1. The van der Waals surface area contributed by atoms with Crippen molar-refractivity contribution in [3.05, 3.63) is 48.2 Å². The van der Waals surface area contributed by atoms with E-state index in [9.17, 15) is 4.79 Å². The molecule has 0 radical (unpaired) electrons. The van der Waals surface area contributed by atoms with Gasteiger partial charge in [-0.1, -0.05) is 30.3 Å². The number of hydrogen-bond donors (Lipinski definition) is 1. The van der Waals surface area contributed by atoms with Gasteiger partial charge in [-0.25, -0.2) is 9.78 Å². The number of fused-ring (bicyclic) bond motifs is 1. The van der Waals surface area contributed by atoms with Gasteiger partial charge in [-0.2, -0.15) is 0 Å². The molecule has 4 nitrogen and oxygen atoms in total. The Morgan fingerprint density at radius 1 is 1.23 bits per heavy atom. The average Bonchev–Trinajstić information content (AvgIpc) is 2.45. The molecule has 0 aliphatic carbocycles. The van der Waals surface area contributed by atoms with Crippen LogP contribution in [0.1, 0.15) is 32.9 Å². The maximum absolute atomic E-state index is 11.5. The molecule has 1 heterocycles. The van der Waals surface area contributed by atoms with Crippen LogP contribution in [0.15, 0.2) is 42.5 Å². The number of amides is 1. The normalized spacial score (nSPS) is 11.8. The number of pyridine rings is 1. The first kappa shape index (κ1) is 16.0. The number of rotatable bonds is 4. The zero-order chi connectivity index (χ0) is 16.0. The molecule has 1 aromatic carbocycles. The monoisotopic (exact) mass is 298 g/mol. The molecule has 4 heteroatoms. The largest absolute Gasteiger partial charge is 0.444 e. The molecule has 0 saturated carbocycles. The van der Waals surface area contributed by atoms with E-state index in [0.29, 0.717) is 6.54 Å². The lowest BCUT2D eigenvalue weighted by Crippen LogP contribution is -2.32. The van der Waals surface area contributed by atoms with Gasteiger partial charge in [-0.15, -0.1) is 0 Å². The minimum Gasteiger partial charge on any atom is -0.444 e. The highest BCUT2D eigenvalue weighted by Gasteiger charge is 2.15. The van der Waals surface area contributed by atoms with Crippen molar-refractivity contribution in [2.75, 3.05) is 6.54 Å². The van der Waals surface area contributed by atoms with Crippen LogP contribution in [0.2, 0.25) is 0 Å². The Bertz CT molecular complexity index is 672. The Hall–Kier alpha value is -2.36. The fourth-order valence-electron chi connectivity index (χ4n) is 1.95. The second-order valence-corrected chi connectivity index (χ2v) is 6.05. The fraction of sp³-hybridized carbons (Fsp3) is 0.333. The molecule has 0 saturated heterocycles. The van der Waals surface area contributed by atoms with E-state index in [1.54, 1.807) is 0 Å². The molecule has 1 N–H and O–H groups in total. The molecule has 0 aliphatic rings. The molecule has 0 aliphatic heterocycles. The smallest absolute Gasteiger partial charge is 0.407 e. The van der Waals surface area contributed by atoms with E-state index in [0.717, 1.165) is 23.0 Å². The van der Waals surface area contributed by atoms with Crippen LogP contribution in [0.5, 0.6) is 0 Å². The summed E-state index contributed by atoms with van der Waals surface area (Å²) in [5.41, 5.74) is 1.43. The number of benzene rings is 1. The molecule has 1 amide bonds. The Morgan fingerprint density at radius 2 is 2.00 bits per heavy atom. The molecule has 0 unspecified atom stereocenters. The van der Waals surface area contributed by atoms with Gasteiger partial charge in [-0.3, -0.25) is 0 Å². The van der Waals surface area contributed by atoms with E-state index in [2.05, 4.69) is 16.4 Å². The van der Waals surface area contributed by atoms with Gasteiger partial charge in [0.1, 0.15) is 5.60 Å². The van der Waals surface area contributed by atoms with Gasteiger partial charge in [-0.05, 0) is 45.4 Å².